The third-order valence-electron chi connectivity index (χ3n) is 5.75. The van der Waals surface area contributed by atoms with Crippen LogP contribution in [0.1, 0.15) is 30.9 Å². The van der Waals surface area contributed by atoms with Crippen molar-refractivity contribution >= 4 is 5.96 Å². The molecule has 2 saturated heterocycles. The van der Waals surface area contributed by atoms with Crippen molar-refractivity contribution in [2.75, 3.05) is 59.5 Å². The molecule has 0 spiro atoms. The maximum absolute atomic E-state index is 5.41. The summed E-state index contributed by atoms with van der Waals surface area (Å²) < 4.78 is 5.41. The maximum Gasteiger partial charge on any atom is 0.191 e. The van der Waals surface area contributed by atoms with Crippen LogP contribution in [0.4, 0.5) is 0 Å². The van der Waals surface area contributed by atoms with Gasteiger partial charge in [0.05, 0.1) is 13.2 Å². The SMILES string of the molecule is CN=C(NCCN1CCOCC1)NCc1ccccc1CN1CCCC(C)C1. The molecule has 0 amide bonds. The highest BCUT2D eigenvalue weighted by Crippen LogP contribution is 2.19. The third kappa shape index (κ3) is 6.76. The van der Waals surface area contributed by atoms with Crippen molar-refractivity contribution in [2.45, 2.75) is 32.9 Å². The second-order valence-corrected chi connectivity index (χ2v) is 8.06. The Hall–Kier alpha value is -1.63. The van der Waals surface area contributed by atoms with Crippen LogP contribution >= 0.6 is 0 Å². The highest BCUT2D eigenvalue weighted by Gasteiger charge is 2.17. The number of nitrogens with one attached hydrogen (secondary N) is 2. The Labute approximate surface area is 170 Å². The molecule has 1 aromatic rings. The van der Waals surface area contributed by atoms with Crippen LogP contribution in [0.3, 0.4) is 0 Å². The fourth-order valence-electron chi connectivity index (χ4n) is 4.11. The first-order chi connectivity index (χ1) is 13.7. The molecular formula is C22H37N5O. The molecule has 28 heavy (non-hydrogen) atoms. The van der Waals surface area contributed by atoms with Crippen LogP contribution in [0.15, 0.2) is 29.3 Å². The van der Waals surface area contributed by atoms with E-state index >= 15 is 0 Å². The number of rotatable bonds is 7. The number of morpholine rings is 1. The third-order valence-corrected chi connectivity index (χ3v) is 5.75. The molecule has 2 aliphatic rings. The number of guanidine groups is 1. The number of aliphatic imine (C=N–C) groups is 1. The summed E-state index contributed by atoms with van der Waals surface area (Å²) in [5.41, 5.74) is 2.78. The zero-order valence-electron chi connectivity index (χ0n) is 17.6. The van der Waals surface area contributed by atoms with E-state index in [1.807, 2.05) is 7.05 Å². The van der Waals surface area contributed by atoms with E-state index in [9.17, 15) is 0 Å². The molecule has 0 saturated carbocycles. The zero-order chi connectivity index (χ0) is 19.6. The van der Waals surface area contributed by atoms with Gasteiger partial charge in [0.25, 0.3) is 0 Å². The van der Waals surface area contributed by atoms with Crippen molar-refractivity contribution in [3.63, 3.8) is 0 Å². The predicted molar refractivity (Wildman–Crippen MR) is 116 cm³/mol. The Bertz CT molecular complexity index is 615. The average molecular weight is 388 g/mol. The van der Waals surface area contributed by atoms with Gasteiger partial charge in [-0.15, -0.1) is 0 Å². The standard InChI is InChI=1S/C22H37N5O/c1-19-6-5-10-27(17-19)18-21-8-4-3-7-20(21)16-25-22(23-2)24-9-11-26-12-14-28-15-13-26/h3-4,7-8,19H,5-6,9-18H2,1-2H3,(H2,23,24,25). The van der Waals surface area contributed by atoms with Crippen LogP contribution in [-0.4, -0.2) is 75.3 Å². The van der Waals surface area contributed by atoms with Gasteiger partial charge in [0.2, 0.25) is 0 Å². The molecule has 0 aromatic heterocycles. The highest BCUT2D eigenvalue weighted by molar-refractivity contribution is 5.79. The van der Waals surface area contributed by atoms with E-state index in [1.54, 1.807) is 0 Å². The first-order valence-electron chi connectivity index (χ1n) is 10.8. The van der Waals surface area contributed by atoms with E-state index in [-0.39, 0.29) is 0 Å². The lowest BCUT2D eigenvalue weighted by Crippen LogP contribution is -2.44. The Morgan fingerprint density at radius 3 is 2.64 bits per heavy atom. The molecule has 2 N–H and O–H groups in total. The van der Waals surface area contributed by atoms with E-state index in [0.717, 1.165) is 64.4 Å². The van der Waals surface area contributed by atoms with E-state index in [0.29, 0.717) is 0 Å². The summed E-state index contributed by atoms with van der Waals surface area (Å²) in [6.07, 6.45) is 2.69. The van der Waals surface area contributed by atoms with Crippen molar-refractivity contribution in [3.05, 3.63) is 35.4 Å². The summed E-state index contributed by atoms with van der Waals surface area (Å²) in [4.78, 5) is 9.41. The second kappa shape index (κ2) is 11.4. The number of piperidine rings is 1. The fourth-order valence-corrected chi connectivity index (χ4v) is 4.11. The molecule has 0 bridgehead atoms. The van der Waals surface area contributed by atoms with Crippen molar-refractivity contribution in [2.24, 2.45) is 10.9 Å². The van der Waals surface area contributed by atoms with Crippen LogP contribution in [0.2, 0.25) is 0 Å². The molecule has 1 unspecified atom stereocenters. The molecule has 6 nitrogen and oxygen atoms in total. The molecule has 1 aromatic carbocycles. The van der Waals surface area contributed by atoms with Gasteiger partial charge in [0.1, 0.15) is 0 Å². The molecule has 0 radical (unpaired) electrons. The Morgan fingerprint density at radius 2 is 1.89 bits per heavy atom. The first kappa shape index (κ1) is 21.1. The number of benzene rings is 1. The van der Waals surface area contributed by atoms with Gasteiger partial charge in [-0.2, -0.15) is 0 Å². The van der Waals surface area contributed by atoms with Crippen molar-refractivity contribution in [1.82, 2.24) is 20.4 Å². The summed E-state index contributed by atoms with van der Waals surface area (Å²) in [7, 11) is 1.84. The van der Waals surface area contributed by atoms with Gasteiger partial charge in [-0.05, 0) is 36.4 Å². The lowest BCUT2D eigenvalue weighted by atomic mass is 9.99. The summed E-state index contributed by atoms with van der Waals surface area (Å²) in [5.74, 6) is 1.68. The normalized spacial score (nSPS) is 22.2. The summed E-state index contributed by atoms with van der Waals surface area (Å²) in [5, 5.41) is 6.93. The number of likely N-dealkylation sites (tertiary alicyclic amines) is 1. The van der Waals surface area contributed by atoms with Crippen LogP contribution < -0.4 is 10.6 Å². The Kier molecular flexibility index (Phi) is 8.58. The molecule has 6 heteroatoms. The lowest BCUT2D eigenvalue weighted by Gasteiger charge is -2.31. The van der Waals surface area contributed by atoms with Crippen LogP contribution in [0.5, 0.6) is 0 Å². The van der Waals surface area contributed by atoms with Gasteiger partial charge in [-0.1, -0.05) is 31.2 Å². The monoisotopic (exact) mass is 387 g/mol. The van der Waals surface area contributed by atoms with Crippen molar-refractivity contribution in [1.29, 1.82) is 0 Å². The molecule has 0 aliphatic carbocycles. The average Bonchev–Trinajstić information content (AvgIpc) is 2.72. The molecule has 1 atom stereocenters. The Balaban J connectivity index is 1.46. The minimum absolute atomic E-state index is 0.802. The van der Waals surface area contributed by atoms with E-state index in [4.69, 9.17) is 4.74 Å². The van der Waals surface area contributed by atoms with Crippen LogP contribution in [0, 0.1) is 5.92 Å². The quantitative estimate of drug-likeness (QED) is 0.553. The van der Waals surface area contributed by atoms with E-state index in [1.165, 1.54) is 37.1 Å². The summed E-state index contributed by atoms with van der Waals surface area (Å²) in [6, 6.07) is 8.79. The van der Waals surface area contributed by atoms with Crippen molar-refractivity contribution < 1.29 is 4.74 Å². The van der Waals surface area contributed by atoms with Gasteiger partial charge < -0.3 is 15.4 Å². The minimum Gasteiger partial charge on any atom is -0.379 e. The van der Waals surface area contributed by atoms with Crippen LogP contribution in [-0.2, 0) is 17.8 Å². The predicted octanol–water partition coefficient (Wildman–Crippen LogP) is 1.92. The maximum atomic E-state index is 5.41. The minimum atomic E-state index is 0.802. The van der Waals surface area contributed by atoms with Gasteiger partial charge in [0.15, 0.2) is 5.96 Å². The summed E-state index contributed by atoms with van der Waals surface area (Å²) in [6.45, 7) is 12.3. The van der Waals surface area contributed by atoms with E-state index < -0.39 is 0 Å². The topological polar surface area (TPSA) is 52.1 Å². The van der Waals surface area contributed by atoms with Gasteiger partial charge in [-0.25, -0.2) is 0 Å². The number of hydrogen-bond acceptors (Lipinski definition) is 4. The van der Waals surface area contributed by atoms with Gasteiger partial charge >= 0.3 is 0 Å². The molecule has 2 heterocycles. The fraction of sp³-hybridized carbons (Fsp3) is 0.682. The molecule has 3 rings (SSSR count). The second-order valence-electron chi connectivity index (χ2n) is 8.06. The summed E-state index contributed by atoms with van der Waals surface area (Å²) >= 11 is 0. The number of nitrogens with zero attached hydrogens (tertiary/aromatic N) is 3. The zero-order valence-corrected chi connectivity index (χ0v) is 17.6. The lowest BCUT2D eigenvalue weighted by molar-refractivity contribution is 0.0389. The molecular weight excluding hydrogens is 350 g/mol. The van der Waals surface area contributed by atoms with Gasteiger partial charge in [0, 0.05) is 52.9 Å². The first-order valence-corrected chi connectivity index (χ1v) is 10.8. The molecule has 156 valence electrons. The smallest absolute Gasteiger partial charge is 0.191 e. The molecule has 2 aliphatic heterocycles. The van der Waals surface area contributed by atoms with Crippen molar-refractivity contribution in [3.8, 4) is 0 Å². The van der Waals surface area contributed by atoms with Crippen LogP contribution in [0.25, 0.3) is 0 Å². The molecule has 2 fully saturated rings. The van der Waals surface area contributed by atoms with Gasteiger partial charge in [-0.3, -0.25) is 14.8 Å². The largest absolute Gasteiger partial charge is 0.379 e. The van der Waals surface area contributed by atoms with E-state index in [2.05, 4.69) is 56.6 Å². The highest BCUT2D eigenvalue weighted by atomic mass is 16.5. The number of ether oxygens (including phenoxy) is 1. The number of hydrogen-bond donors (Lipinski definition) is 2. The Morgan fingerprint density at radius 1 is 1.11 bits per heavy atom.